The van der Waals surface area contributed by atoms with Crippen molar-refractivity contribution in [2.24, 2.45) is 0 Å². The first-order valence-electron chi connectivity index (χ1n) is 10.5. The first-order valence-corrected chi connectivity index (χ1v) is 11.4. The zero-order chi connectivity index (χ0) is 23.4. The van der Waals surface area contributed by atoms with Crippen LogP contribution in [0.25, 0.3) is 0 Å². The van der Waals surface area contributed by atoms with E-state index in [1.54, 1.807) is 50.5 Å². The molecule has 2 unspecified atom stereocenters. The van der Waals surface area contributed by atoms with Crippen LogP contribution < -0.4 is 14.8 Å². The van der Waals surface area contributed by atoms with Crippen molar-refractivity contribution in [2.75, 3.05) is 39.8 Å². The number of amides is 2. The van der Waals surface area contributed by atoms with Crippen LogP contribution in [0.5, 0.6) is 11.5 Å². The molecule has 2 amide bonds. The van der Waals surface area contributed by atoms with Gasteiger partial charge in [0, 0.05) is 48.0 Å². The maximum absolute atomic E-state index is 13.8. The van der Waals surface area contributed by atoms with E-state index < -0.39 is 12.0 Å². The Bertz CT molecular complexity index is 1110. The van der Waals surface area contributed by atoms with E-state index in [2.05, 4.69) is 5.32 Å². The first-order chi connectivity index (χ1) is 16.1. The van der Waals surface area contributed by atoms with Crippen molar-refractivity contribution in [3.63, 3.8) is 0 Å². The largest absolute Gasteiger partial charge is 0.497 e. The summed E-state index contributed by atoms with van der Waals surface area (Å²) in [5, 5.41) is 4.98. The molecule has 0 fully saturated rings. The lowest BCUT2D eigenvalue weighted by Gasteiger charge is -2.41. The molecule has 172 valence electrons. The topological polar surface area (TPSA) is 77.1 Å². The highest BCUT2D eigenvalue weighted by molar-refractivity contribution is 7.10. The SMILES string of the molecule is COCCN1C(=O)c2ccccc2C(C(=O)Nc2cc(OC)cc(OC)c2)C1c1cccs1. The molecule has 2 aromatic carbocycles. The van der Waals surface area contributed by atoms with Crippen LogP contribution in [-0.2, 0) is 9.53 Å². The maximum atomic E-state index is 13.8. The monoisotopic (exact) mass is 466 g/mol. The molecule has 0 saturated heterocycles. The van der Waals surface area contributed by atoms with Crippen molar-refractivity contribution >= 4 is 28.8 Å². The van der Waals surface area contributed by atoms with Gasteiger partial charge < -0.3 is 24.4 Å². The summed E-state index contributed by atoms with van der Waals surface area (Å²) in [7, 11) is 4.72. The van der Waals surface area contributed by atoms with Gasteiger partial charge in [-0.15, -0.1) is 11.3 Å². The molecule has 8 heteroatoms. The second-order valence-corrected chi connectivity index (χ2v) is 8.59. The highest BCUT2D eigenvalue weighted by Crippen LogP contribution is 2.44. The third-order valence-corrected chi connectivity index (χ3v) is 6.65. The average Bonchev–Trinajstić information content (AvgIpc) is 3.37. The number of nitrogens with zero attached hydrogens (tertiary/aromatic N) is 1. The van der Waals surface area contributed by atoms with E-state index in [0.717, 1.165) is 4.88 Å². The number of nitrogens with one attached hydrogen (secondary N) is 1. The number of rotatable bonds is 8. The van der Waals surface area contributed by atoms with E-state index in [-0.39, 0.29) is 11.8 Å². The fourth-order valence-electron chi connectivity index (χ4n) is 4.19. The van der Waals surface area contributed by atoms with Crippen molar-refractivity contribution < 1.29 is 23.8 Å². The summed E-state index contributed by atoms with van der Waals surface area (Å²) in [4.78, 5) is 29.9. The Balaban J connectivity index is 1.78. The van der Waals surface area contributed by atoms with Gasteiger partial charge in [0.2, 0.25) is 5.91 Å². The molecule has 33 heavy (non-hydrogen) atoms. The van der Waals surface area contributed by atoms with Gasteiger partial charge in [-0.05, 0) is 23.1 Å². The van der Waals surface area contributed by atoms with E-state index in [1.165, 1.54) is 11.3 Å². The molecule has 7 nitrogen and oxygen atoms in total. The van der Waals surface area contributed by atoms with E-state index >= 15 is 0 Å². The third kappa shape index (κ3) is 4.58. The number of carbonyl (C=O) groups is 2. The quantitative estimate of drug-likeness (QED) is 0.535. The Hall–Kier alpha value is -3.36. The zero-order valence-corrected chi connectivity index (χ0v) is 19.6. The fraction of sp³-hybridized carbons (Fsp3) is 0.280. The van der Waals surface area contributed by atoms with Gasteiger partial charge in [-0.1, -0.05) is 24.3 Å². The predicted molar refractivity (Wildman–Crippen MR) is 127 cm³/mol. The van der Waals surface area contributed by atoms with E-state index in [9.17, 15) is 9.59 Å². The highest BCUT2D eigenvalue weighted by atomic mass is 32.1. The first kappa shape index (κ1) is 22.8. The molecular formula is C25H26N2O5S. The Kier molecular flexibility index (Phi) is 6.96. The average molecular weight is 467 g/mol. The summed E-state index contributed by atoms with van der Waals surface area (Å²) < 4.78 is 15.9. The number of thiophene rings is 1. The summed E-state index contributed by atoms with van der Waals surface area (Å²) in [6, 6.07) is 16.0. The molecule has 4 rings (SSSR count). The third-order valence-electron chi connectivity index (χ3n) is 5.71. The lowest BCUT2D eigenvalue weighted by Crippen LogP contribution is -2.47. The number of carbonyl (C=O) groups excluding carboxylic acids is 2. The number of hydrogen-bond donors (Lipinski definition) is 1. The minimum absolute atomic E-state index is 0.104. The van der Waals surface area contributed by atoms with E-state index in [4.69, 9.17) is 14.2 Å². The van der Waals surface area contributed by atoms with Gasteiger partial charge in [0.25, 0.3) is 5.91 Å². The number of anilines is 1. The molecule has 1 aromatic heterocycles. The molecule has 1 aliphatic rings. The molecule has 2 heterocycles. The molecule has 0 saturated carbocycles. The molecule has 1 aliphatic heterocycles. The van der Waals surface area contributed by atoms with Gasteiger partial charge in [-0.3, -0.25) is 9.59 Å². The van der Waals surface area contributed by atoms with Crippen LogP contribution in [0, 0.1) is 0 Å². The fourth-order valence-corrected chi connectivity index (χ4v) is 5.06. The standard InChI is InChI=1S/C25H26N2O5S/c1-30-11-10-27-23(21-9-6-12-33-21)22(19-7-4-5-8-20(19)25(27)29)24(28)26-16-13-17(31-2)15-18(14-16)32-3/h4-9,12-15,22-23H,10-11H2,1-3H3,(H,26,28). The zero-order valence-electron chi connectivity index (χ0n) is 18.7. The normalized spacial score (nSPS) is 17.4. The molecule has 3 aromatic rings. The van der Waals surface area contributed by atoms with Crippen molar-refractivity contribution in [1.82, 2.24) is 4.90 Å². The van der Waals surface area contributed by atoms with Crippen molar-refractivity contribution in [2.45, 2.75) is 12.0 Å². The van der Waals surface area contributed by atoms with Crippen LogP contribution in [0.4, 0.5) is 5.69 Å². The Morgan fingerprint density at radius 1 is 1.03 bits per heavy atom. The van der Waals surface area contributed by atoms with Gasteiger partial charge in [0.1, 0.15) is 11.5 Å². The Morgan fingerprint density at radius 3 is 2.39 bits per heavy atom. The van der Waals surface area contributed by atoms with E-state index in [1.807, 2.05) is 35.7 Å². The van der Waals surface area contributed by atoms with Crippen molar-refractivity contribution in [3.8, 4) is 11.5 Å². The molecule has 0 aliphatic carbocycles. The van der Waals surface area contributed by atoms with Crippen LogP contribution in [0.2, 0.25) is 0 Å². The van der Waals surface area contributed by atoms with Crippen LogP contribution in [0.1, 0.15) is 32.8 Å². The summed E-state index contributed by atoms with van der Waals surface area (Å²) in [6.45, 7) is 0.750. The number of fused-ring (bicyclic) bond motifs is 1. The van der Waals surface area contributed by atoms with Gasteiger partial charge in [-0.25, -0.2) is 0 Å². The molecular weight excluding hydrogens is 440 g/mol. The van der Waals surface area contributed by atoms with Gasteiger partial charge in [-0.2, -0.15) is 0 Å². The lowest BCUT2D eigenvalue weighted by atomic mass is 9.81. The smallest absolute Gasteiger partial charge is 0.254 e. The van der Waals surface area contributed by atoms with Crippen LogP contribution in [0.15, 0.2) is 60.0 Å². The summed E-state index contributed by atoms with van der Waals surface area (Å²) >= 11 is 1.53. The van der Waals surface area contributed by atoms with Crippen molar-refractivity contribution in [3.05, 3.63) is 76.0 Å². The number of methoxy groups -OCH3 is 3. The van der Waals surface area contributed by atoms with Crippen molar-refractivity contribution in [1.29, 1.82) is 0 Å². The van der Waals surface area contributed by atoms with Crippen LogP contribution in [-0.4, -0.2) is 51.2 Å². The van der Waals surface area contributed by atoms with Crippen LogP contribution >= 0.6 is 11.3 Å². The van der Waals surface area contributed by atoms with Gasteiger partial charge >= 0.3 is 0 Å². The Labute approximate surface area is 196 Å². The molecule has 2 atom stereocenters. The summed E-state index contributed by atoms with van der Waals surface area (Å²) in [5.41, 5.74) is 1.80. The molecule has 0 radical (unpaired) electrons. The number of benzene rings is 2. The molecule has 0 bridgehead atoms. The lowest BCUT2D eigenvalue weighted by molar-refractivity contribution is -0.119. The minimum atomic E-state index is -0.605. The number of hydrogen-bond acceptors (Lipinski definition) is 6. The van der Waals surface area contributed by atoms with E-state index in [0.29, 0.717) is 41.5 Å². The summed E-state index contributed by atoms with van der Waals surface area (Å²) in [6.07, 6.45) is 0. The van der Waals surface area contributed by atoms with Crippen LogP contribution in [0.3, 0.4) is 0 Å². The predicted octanol–water partition coefficient (Wildman–Crippen LogP) is 4.33. The van der Waals surface area contributed by atoms with Gasteiger partial charge in [0.05, 0.1) is 32.8 Å². The second kappa shape index (κ2) is 10.1. The highest BCUT2D eigenvalue weighted by Gasteiger charge is 2.44. The minimum Gasteiger partial charge on any atom is -0.497 e. The molecule has 0 spiro atoms. The second-order valence-electron chi connectivity index (χ2n) is 7.61. The maximum Gasteiger partial charge on any atom is 0.254 e. The number of ether oxygens (including phenoxy) is 3. The molecule has 1 N–H and O–H groups in total. The summed E-state index contributed by atoms with van der Waals surface area (Å²) in [5.74, 6) is 0.214. The Morgan fingerprint density at radius 2 is 1.76 bits per heavy atom. The van der Waals surface area contributed by atoms with Gasteiger partial charge in [0.15, 0.2) is 0 Å².